The zero-order valence-electron chi connectivity index (χ0n) is 13.6. The highest BCUT2D eigenvalue weighted by atomic mass is 16.5. The third-order valence-electron chi connectivity index (χ3n) is 4.97. The van der Waals surface area contributed by atoms with Gasteiger partial charge in [0.05, 0.1) is 13.2 Å². The largest absolute Gasteiger partial charge is 0.497 e. The molecule has 2 fully saturated rings. The highest BCUT2D eigenvalue weighted by molar-refractivity contribution is 5.79. The molecule has 0 N–H and O–H groups in total. The Morgan fingerprint density at radius 1 is 1.23 bits per heavy atom. The second-order valence-electron chi connectivity index (χ2n) is 6.68. The van der Waals surface area contributed by atoms with Gasteiger partial charge >= 0.3 is 0 Å². The first-order chi connectivity index (χ1) is 10.6. The minimum atomic E-state index is 0.0582. The van der Waals surface area contributed by atoms with Gasteiger partial charge in [-0.15, -0.1) is 0 Å². The number of hydrogen-bond donors (Lipinski definition) is 0. The normalized spacial score (nSPS) is 26.5. The summed E-state index contributed by atoms with van der Waals surface area (Å²) in [7, 11) is 1.65. The van der Waals surface area contributed by atoms with Gasteiger partial charge in [-0.2, -0.15) is 0 Å². The lowest BCUT2D eigenvalue weighted by Crippen LogP contribution is -2.49. The van der Waals surface area contributed by atoms with E-state index in [1.165, 1.54) is 6.42 Å². The third kappa shape index (κ3) is 2.79. The number of fused-ring (bicyclic) bond motifs is 2. The third-order valence-corrected chi connectivity index (χ3v) is 4.97. The molecule has 1 saturated carbocycles. The van der Waals surface area contributed by atoms with Crippen LogP contribution in [-0.2, 0) is 4.79 Å². The maximum absolute atomic E-state index is 12.5. The average Bonchev–Trinajstić information content (AvgIpc) is 3.13. The maximum Gasteiger partial charge on any atom is 0.225 e. The highest BCUT2D eigenvalue weighted by Gasteiger charge is 2.48. The van der Waals surface area contributed by atoms with E-state index in [0.717, 1.165) is 24.3 Å². The molecule has 120 valence electrons. The van der Waals surface area contributed by atoms with Gasteiger partial charge in [0.25, 0.3) is 0 Å². The second-order valence-corrected chi connectivity index (χ2v) is 6.68. The molecule has 3 atom stereocenters. The van der Waals surface area contributed by atoms with Crippen molar-refractivity contribution in [2.45, 2.75) is 45.2 Å². The van der Waals surface area contributed by atoms with Crippen molar-refractivity contribution in [3.8, 4) is 11.5 Å². The lowest BCUT2D eigenvalue weighted by Gasteiger charge is -2.36. The van der Waals surface area contributed by atoms with Gasteiger partial charge in [-0.05, 0) is 49.4 Å². The first-order valence-electron chi connectivity index (χ1n) is 8.19. The van der Waals surface area contributed by atoms with Crippen LogP contribution in [0.4, 0.5) is 0 Å². The number of likely N-dealkylation sites (tertiary alicyclic amines) is 1. The molecule has 1 aromatic carbocycles. The fourth-order valence-electron chi connectivity index (χ4n) is 3.80. The van der Waals surface area contributed by atoms with E-state index in [0.29, 0.717) is 18.6 Å². The predicted molar refractivity (Wildman–Crippen MR) is 85.1 cm³/mol. The first kappa shape index (κ1) is 15.2. The van der Waals surface area contributed by atoms with Crippen LogP contribution in [-0.4, -0.2) is 36.6 Å². The molecule has 1 aromatic rings. The van der Waals surface area contributed by atoms with E-state index in [1.54, 1.807) is 7.11 Å². The van der Waals surface area contributed by atoms with E-state index in [2.05, 4.69) is 4.90 Å². The summed E-state index contributed by atoms with van der Waals surface area (Å²) in [4.78, 5) is 14.6. The van der Waals surface area contributed by atoms with E-state index in [9.17, 15) is 4.79 Å². The number of methoxy groups -OCH3 is 1. The van der Waals surface area contributed by atoms with E-state index in [4.69, 9.17) is 9.47 Å². The summed E-state index contributed by atoms with van der Waals surface area (Å²) in [6, 6.07) is 8.29. The lowest BCUT2D eigenvalue weighted by molar-refractivity contribution is -0.139. The van der Waals surface area contributed by atoms with E-state index in [1.807, 2.05) is 38.1 Å². The van der Waals surface area contributed by atoms with E-state index in [-0.39, 0.29) is 17.9 Å². The van der Waals surface area contributed by atoms with Crippen molar-refractivity contribution in [2.75, 3.05) is 13.7 Å². The number of piperidine rings is 1. The SMILES string of the molecule is COc1ccc(OC[C@H]2[C@@H]3CC[C@H](C3)N2C(=O)C(C)C)cc1. The van der Waals surface area contributed by atoms with Gasteiger partial charge in [0.15, 0.2) is 0 Å². The van der Waals surface area contributed by atoms with E-state index < -0.39 is 0 Å². The Balaban J connectivity index is 1.66. The molecule has 0 aromatic heterocycles. The monoisotopic (exact) mass is 303 g/mol. The van der Waals surface area contributed by atoms with Gasteiger partial charge in [0, 0.05) is 12.0 Å². The summed E-state index contributed by atoms with van der Waals surface area (Å²) in [5, 5.41) is 0. The van der Waals surface area contributed by atoms with Crippen molar-refractivity contribution in [3.63, 3.8) is 0 Å². The van der Waals surface area contributed by atoms with E-state index >= 15 is 0 Å². The van der Waals surface area contributed by atoms with Gasteiger partial charge < -0.3 is 14.4 Å². The summed E-state index contributed by atoms with van der Waals surface area (Å²) >= 11 is 0. The standard InChI is InChI=1S/C18H25NO3/c1-12(2)18(20)19-14-5-4-13(10-14)17(19)11-22-16-8-6-15(21-3)7-9-16/h6-9,12-14,17H,4-5,10-11H2,1-3H3/t13-,14-,17+/m1/s1. The highest BCUT2D eigenvalue weighted by Crippen LogP contribution is 2.43. The van der Waals surface area contributed by atoms with Crippen molar-refractivity contribution in [2.24, 2.45) is 11.8 Å². The molecule has 1 aliphatic heterocycles. The number of benzene rings is 1. The minimum Gasteiger partial charge on any atom is -0.497 e. The van der Waals surface area contributed by atoms with Crippen LogP contribution in [0.2, 0.25) is 0 Å². The number of carbonyl (C=O) groups excluding carboxylic acids is 1. The molecule has 2 bridgehead atoms. The molecule has 0 radical (unpaired) electrons. The van der Waals surface area contributed by atoms with Crippen LogP contribution >= 0.6 is 0 Å². The van der Waals surface area contributed by atoms with Crippen molar-refractivity contribution in [3.05, 3.63) is 24.3 Å². The Morgan fingerprint density at radius 3 is 2.55 bits per heavy atom. The second kappa shape index (κ2) is 6.19. The smallest absolute Gasteiger partial charge is 0.225 e. The van der Waals surface area contributed by atoms with Gasteiger partial charge in [0.1, 0.15) is 18.1 Å². The Labute approximate surface area is 132 Å². The number of ether oxygens (including phenoxy) is 2. The van der Waals surface area contributed by atoms with Gasteiger partial charge in [-0.25, -0.2) is 0 Å². The number of rotatable bonds is 5. The van der Waals surface area contributed by atoms with Crippen molar-refractivity contribution in [1.29, 1.82) is 0 Å². The topological polar surface area (TPSA) is 38.8 Å². The van der Waals surface area contributed by atoms with Crippen LogP contribution in [0.15, 0.2) is 24.3 Å². The molecule has 0 spiro atoms. The first-order valence-corrected chi connectivity index (χ1v) is 8.19. The van der Waals surface area contributed by atoms with Crippen molar-refractivity contribution in [1.82, 2.24) is 4.90 Å². The van der Waals surface area contributed by atoms with Crippen LogP contribution in [0.5, 0.6) is 11.5 Å². The van der Waals surface area contributed by atoms with Crippen LogP contribution < -0.4 is 9.47 Å². The molecule has 22 heavy (non-hydrogen) atoms. The van der Waals surface area contributed by atoms with Crippen LogP contribution in [0.3, 0.4) is 0 Å². The lowest BCUT2D eigenvalue weighted by atomic mass is 9.98. The van der Waals surface area contributed by atoms with Gasteiger partial charge in [-0.3, -0.25) is 4.79 Å². The Bertz CT molecular complexity index is 526. The summed E-state index contributed by atoms with van der Waals surface area (Å²) in [6.45, 7) is 4.55. The molecular formula is C18H25NO3. The Hall–Kier alpha value is -1.71. The molecular weight excluding hydrogens is 278 g/mol. The van der Waals surface area contributed by atoms with Crippen LogP contribution in [0.25, 0.3) is 0 Å². The number of amides is 1. The molecule has 1 amide bonds. The molecule has 2 aliphatic rings. The molecule has 4 heteroatoms. The fourth-order valence-corrected chi connectivity index (χ4v) is 3.80. The Morgan fingerprint density at radius 2 is 1.91 bits per heavy atom. The fraction of sp³-hybridized carbons (Fsp3) is 0.611. The average molecular weight is 303 g/mol. The van der Waals surface area contributed by atoms with Crippen LogP contribution in [0.1, 0.15) is 33.1 Å². The maximum atomic E-state index is 12.5. The summed E-state index contributed by atoms with van der Waals surface area (Å²) < 4.78 is 11.1. The summed E-state index contributed by atoms with van der Waals surface area (Å²) in [6.07, 6.45) is 3.53. The molecule has 1 aliphatic carbocycles. The van der Waals surface area contributed by atoms with Crippen molar-refractivity contribution < 1.29 is 14.3 Å². The van der Waals surface area contributed by atoms with Gasteiger partial charge in [-0.1, -0.05) is 13.8 Å². The quantitative estimate of drug-likeness (QED) is 0.839. The number of nitrogens with zero attached hydrogens (tertiary/aromatic N) is 1. The molecule has 3 rings (SSSR count). The van der Waals surface area contributed by atoms with Gasteiger partial charge in [0.2, 0.25) is 5.91 Å². The summed E-state index contributed by atoms with van der Waals surface area (Å²) in [5.41, 5.74) is 0. The Kier molecular flexibility index (Phi) is 4.27. The predicted octanol–water partition coefficient (Wildman–Crippen LogP) is 3.11. The molecule has 1 saturated heterocycles. The minimum absolute atomic E-state index is 0.0582. The molecule has 0 unspecified atom stereocenters. The number of carbonyl (C=O) groups is 1. The number of hydrogen-bond acceptors (Lipinski definition) is 3. The van der Waals surface area contributed by atoms with Crippen molar-refractivity contribution >= 4 is 5.91 Å². The molecule has 4 nitrogen and oxygen atoms in total. The zero-order chi connectivity index (χ0) is 15.7. The summed E-state index contributed by atoms with van der Waals surface area (Å²) in [5.74, 6) is 2.59. The molecule has 1 heterocycles. The van der Waals surface area contributed by atoms with Crippen LogP contribution in [0, 0.1) is 11.8 Å². The zero-order valence-corrected chi connectivity index (χ0v) is 13.6.